The van der Waals surface area contributed by atoms with Crippen molar-refractivity contribution >= 4 is 40.9 Å². The van der Waals surface area contributed by atoms with Crippen LogP contribution in [0.1, 0.15) is 18.4 Å². The van der Waals surface area contributed by atoms with Crippen LogP contribution in [0.25, 0.3) is 0 Å². The molecule has 1 heterocycles. The van der Waals surface area contributed by atoms with E-state index in [1.54, 1.807) is 18.2 Å². The predicted molar refractivity (Wildman–Crippen MR) is 98.4 cm³/mol. The monoisotopic (exact) mass is 433 g/mol. The Bertz CT molecular complexity index is 823. The Morgan fingerprint density at radius 3 is 2.57 bits per heavy atom. The predicted octanol–water partition coefficient (Wildman–Crippen LogP) is 2.28. The maximum Gasteiger partial charge on any atom is 0.377 e. The minimum Gasteiger partial charge on any atom is -0.505 e. The zero-order valence-corrected chi connectivity index (χ0v) is 16.1. The molecule has 0 aliphatic carbocycles. The van der Waals surface area contributed by atoms with Gasteiger partial charge in [-0.2, -0.15) is 0 Å². The van der Waals surface area contributed by atoms with E-state index in [-0.39, 0.29) is 12.8 Å². The smallest absolute Gasteiger partial charge is 0.377 e. The number of carbonyl (C=O) groups excluding carboxylic acids is 2. The van der Waals surface area contributed by atoms with Gasteiger partial charge in [0.25, 0.3) is 0 Å². The van der Waals surface area contributed by atoms with Crippen molar-refractivity contribution in [2.45, 2.75) is 25.0 Å². The summed E-state index contributed by atoms with van der Waals surface area (Å²) in [5, 5.41) is 33.1. The van der Waals surface area contributed by atoms with Crippen LogP contribution >= 0.6 is 23.2 Å². The Balaban J connectivity index is 1.89. The number of rotatable bonds is 8. The molecule has 2 rings (SSSR count). The minimum absolute atomic E-state index is 0.104. The summed E-state index contributed by atoms with van der Waals surface area (Å²) in [6, 6.07) is 4.82. The third kappa shape index (κ3) is 5.28. The lowest BCUT2D eigenvalue weighted by Crippen LogP contribution is -2.33. The Hall–Kier alpha value is -2.49. The fourth-order valence-corrected chi connectivity index (χ4v) is 2.61. The van der Waals surface area contributed by atoms with Gasteiger partial charge in [0.2, 0.25) is 5.76 Å². The van der Waals surface area contributed by atoms with Gasteiger partial charge in [0.15, 0.2) is 11.9 Å². The van der Waals surface area contributed by atoms with Crippen LogP contribution in [-0.2, 0) is 23.9 Å². The lowest BCUT2D eigenvalue weighted by Gasteiger charge is -2.17. The van der Waals surface area contributed by atoms with Gasteiger partial charge in [-0.15, -0.1) is 0 Å². The van der Waals surface area contributed by atoms with Crippen LogP contribution < -0.4 is 0 Å². The van der Waals surface area contributed by atoms with Crippen molar-refractivity contribution in [2.24, 2.45) is 5.16 Å². The third-order valence-electron chi connectivity index (χ3n) is 3.72. The Morgan fingerprint density at radius 1 is 1.29 bits per heavy atom. The molecular weight excluding hydrogens is 417 g/mol. The first-order valence-electron chi connectivity index (χ1n) is 7.96. The van der Waals surface area contributed by atoms with Gasteiger partial charge < -0.3 is 29.6 Å². The van der Waals surface area contributed by atoms with Gasteiger partial charge in [0, 0.05) is 12.0 Å². The summed E-state index contributed by atoms with van der Waals surface area (Å²) >= 11 is 11.8. The average Bonchev–Trinajstić information content (AvgIpc) is 2.92. The summed E-state index contributed by atoms with van der Waals surface area (Å²) in [6.07, 6.45) is -3.00. The van der Waals surface area contributed by atoms with E-state index in [0.29, 0.717) is 21.3 Å². The highest BCUT2D eigenvalue weighted by molar-refractivity contribution is 6.42. The molecule has 3 N–H and O–H groups in total. The van der Waals surface area contributed by atoms with Gasteiger partial charge in [-0.1, -0.05) is 34.4 Å². The maximum atomic E-state index is 11.9. The molecule has 152 valence electrons. The number of halogens is 2. The maximum absolute atomic E-state index is 11.9. The Labute approximate surface area is 169 Å². The minimum atomic E-state index is -1.54. The van der Waals surface area contributed by atoms with E-state index in [1.165, 1.54) is 7.11 Å². The number of hydrogen-bond acceptors (Lipinski definition) is 9. The third-order valence-corrected chi connectivity index (χ3v) is 4.46. The normalized spacial score (nSPS) is 18.1. The summed E-state index contributed by atoms with van der Waals surface area (Å²) in [6.45, 7) is -0.558. The molecule has 0 bridgehead atoms. The summed E-state index contributed by atoms with van der Waals surface area (Å²) in [5.74, 6) is -3.66. The molecule has 0 aromatic heterocycles. The molecule has 0 unspecified atom stereocenters. The second kappa shape index (κ2) is 9.63. The number of nitrogens with zero attached hydrogens (tertiary/aromatic N) is 1. The van der Waals surface area contributed by atoms with Crippen molar-refractivity contribution in [3.05, 3.63) is 45.3 Å². The van der Waals surface area contributed by atoms with Crippen LogP contribution in [0.15, 0.2) is 34.9 Å². The van der Waals surface area contributed by atoms with Gasteiger partial charge in [-0.05, 0) is 12.1 Å². The number of carbonyl (C=O) groups is 2. The van der Waals surface area contributed by atoms with Crippen LogP contribution in [0.5, 0.6) is 0 Å². The quantitative estimate of drug-likeness (QED) is 0.322. The van der Waals surface area contributed by atoms with E-state index in [9.17, 15) is 24.9 Å². The SMILES string of the molecule is CON=C(CCC(=O)OC[C@H](O)[C@H]1OC(=O)C(O)=C1O)c1ccc(Cl)c(Cl)c1. The van der Waals surface area contributed by atoms with E-state index in [2.05, 4.69) is 9.89 Å². The molecule has 0 spiro atoms. The number of hydrogen-bond donors (Lipinski definition) is 3. The fourth-order valence-electron chi connectivity index (χ4n) is 2.31. The van der Waals surface area contributed by atoms with Crippen molar-refractivity contribution in [1.82, 2.24) is 0 Å². The number of oxime groups is 1. The van der Waals surface area contributed by atoms with Crippen LogP contribution in [-0.4, -0.2) is 58.9 Å². The molecule has 0 fully saturated rings. The van der Waals surface area contributed by atoms with Crippen molar-refractivity contribution in [2.75, 3.05) is 13.7 Å². The molecule has 0 amide bonds. The lowest BCUT2D eigenvalue weighted by atomic mass is 10.1. The molecule has 11 heteroatoms. The first-order chi connectivity index (χ1) is 13.2. The Kier molecular flexibility index (Phi) is 7.50. The van der Waals surface area contributed by atoms with Crippen LogP contribution in [0.3, 0.4) is 0 Å². The van der Waals surface area contributed by atoms with E-state index >= 15 is 0 Å². The van der Waals surface area contributed by atoms with Crippen molar-refractivity contribution < 1.29 is 39.2 Å². The molecule has 1 aliphatic heterocycles. The highest BCUT2D eigenvalue weighted by atomic mass is 35.5. The molecule has 0 saturated heterocycles. The van der Waals surface area contributed by atoms with Gasteiger partial charge in [-0.25, -0.2) is 4.79 Å². The van der Waals surface area contributed by atoms with Crippen LogP contribution in [0.4, 0.5) is 0 Å². The highest BCUT2D eigenvalue weighted by Crippen LogP contribution is 2.24. The van der Waals surface area contributed by atoms with Crippen LogP contribution in [0, 0.1) is 0 Å². The number of esters is 2. The molecule has 2 atom stereocenters. The molecule has 1 aromatic rings. The molecular formula is C17H17Cl2NO8. The van der Waals surface area contributed by atoms with E-state index in [4.69, 9.17) is 32.8 Å². The molecule has 1 aliphatic rings. The lowest BCUT2D eigenvalue weighted by molar-refractivity contribution is -0.154. The van der Waals surface area contributed by atoms with E-state index in [1.807, 2.05) is 0 Å². The van der Waals surface area contributed by atoms with Gasteiger partial charge >= 0.3 is 11.9 Å². The molecule has 1 aromatic carbocycles. The topological polar surface area (TPSA) is 135 Å². The van der Waals surface area contributed by atoms with Gasteiger partial charge in [0.1, 0.15) is 19.8 Å². The van der Waals surface area contributed by atoms with E-state index in [0.717, 1.165) is 0 Å². The first kappa shape index (κ1) is 21.8. The summed E-state index contributed by atoms with van der Waals surface area (Å²) < 4.78 is 9.48. The molecule has 9 nitrogen and oxygen atoms in total. The second-order valence-electron chi connectivity index (χ2n) is 5.66. The second-order valence-corrected chi connectivity index (χ2v) is 6.47. The van der Waals surface area contributed by atoms with Gasteiger partial charge in [-0.3, -0.25) is 4.79 Å². The summed E-state index contributed by atoms with van der Waals surface area (Å²) in [4.78, 5) is 27.8. The van der Waals surface area contributed by atoms with Crippen molar-refractivity contribution in [3.8, 4) is 0 Å². The molecule has 0 saturated carbocycles. The summed E-state index contributed by atoms with van der Waals surface area (Å²) in [7, 11) is 1.35. The largest absolute Gasteiger partial charge is 0.505 e. The standard InChI is InChI=1S/C17H17Cl2NO8/c1-26-20-11(8-2-3-9(18)10(19)6-8)4-5-13(22)27-7-12(21)16-14(23)15(24)17(25)28-16/h2-3,6,12,16,21,23-24H,4-5,7H2,1H3/t12-,16+/m0/s1. The first-order valence-corrected chi connectivity index (χ1v) is 8.72. The molecule has 0 radical (unpaired) electrons. The number of aliphatic hydroxyl groups is 3. The highest BCUT2D eigenvalue weighted by Gasteiger charge is 2.39. The number of ether oxygens (including phenoxy) is 2. The van der Waals surface area contributed by atoms with Gasteiger partial charge in [0.05, 0.1) is 22.2 Å². The number of aliphatic hydroxyl groups excluding tert-OH is 3. The summed E-state index contributed by atoms with van der Waals surface area (Å²) in [5.41, 5.74) is 1.03. The van der Waals surface area contributed by atoms with Crippen molar-refractivity contribution in [1.29, 1.82) is 0 Å². The van der Waals surface area contributed by atoms with Crippen molar-refractivity contribution in [3.63, 3.8) is 0 Å². The Morgan fingerprint density at radius 2 is 2.00 bits per heavy atom. The zero-order chi connectivity index (χ0) is 20.8. The van der Waals surface area contributed by atoms with Crippen LogP contribution in [0.2, 0.25) is 10.0 Å². The average molecular weight is 434 g/mol. The number of cyclic esters (lactones) is 1. The van der Waals surface area contributed by atoms with E-state index < -0.39 is 42.3 Å². The zero-order valence-electron chi connectivity index (χ0n) is 14.6. The fraction of sp³-hybridized carbons (Fsp3) is 0.353. The molecule has 28 heavy (non-hydrogen) atoms. The number of benzene rings is 1.